The maximum absolute atomic E-state index is 13.1. The third kappa shape index (κ3) is 3.17. The summed E-state index contributed by atoms with van der Waals surface area (Å²) < 4.78 is 18.8. The smallest absolute Gasteiger partial charge is 0.261 e. The van der Waals surface area contributed by atoms with E-state index in [4.69, 9.17) is 4.52 Å². The number of anilines is 1. The van der Waals surface area contributed by atoms with Crippen molar-refractivity contribution in [3.63, 3.8) is 0 Å². The molecule has 116 valence electrons. The van der Waals surface area contributed by atoms with Crippen molar-refractivity contribution in [3.05, 3.63) is 70.1 Å². The van der Waals surface area contributed by atoms with Crippen LogP contribution in [0.4, 0.5) is 10.1 Å². The Morgan fingerprint density at radius 3 is 2.65 bits per heavy atom. The van der Waals surface area contributed by atoms with Crippen molar-refractivity contribution in [2.24, 2.45) is 0 Å². The molecule has 1 heterocycles. The summed E-state index contributed by atoms with van der Waals surface area (Å²) in [4.78, 5) is 12.6. The van der Waals surface area contributed by atoms with Gasteiger partial charge in [0.1, 0.15) is 22.8 Å². The van der Waals surface area contributed by atoms with Gasteiger partial charge in [-0.1, -0.05) is 35.5 Å². The number of rotatable bonds is 3. The molecule has 0 aliphatic carbocycles. The van der Waals surface area contributed by atoms with Gasteiger partial charge >= 0.3 is 0 Å². The first kappa shape index (κ1) is 15.4. The molecule has 1 aromatic heterocycles. The van der Waals surface area contributed by atoms with Crippen molar-refractivity contribution in [3.8, 4) is 11.3 Å². The molecule has 0 bridgehead atoms. The van der Waals surface area contributed by atoms with Gasteiger partial charge in [0.05, 0.1) is 5.69 Å². The fourth-order valence-corrected chi connectivity index (χ4v) is 2.66. The lowest BCUT2D eigenvalue weighted by Crippen LogP contribution is -2.14. The predicted molar refractivity (Wildman–Crippen MR) is 88.7 cm³/mol. The van der Waals surface area contributed by atoms with Gasteiger partial charge in [0, 0.05) is 10.0 Å². The van der Waals surface area contributed by atoms with Crippen molar-refractivity contribution in [1.82, 2.24) is 5.16 Å². The summed E-state index contributed by atoms with van der Waals surface area (Å²) in [5, 5.41) is 6.72. The van der Waals surface area contributed by atoms with Crippen molar-refractivity contribution in [2.45, 2.75) is 6.92 Å². The van der Waals surface area contributed by atoms with Crippen LogP contribution >= 0.6 is 15.9 Å². The third-order valence-electron chi connectivity index (χ3n) is 3.32. The van der Waals surface area contributed by atoms with Gasteiger partial charge in [0.2, 0.25) is 0 Å². The summed E-state index contributed by atoms with van der Waals surface area (Å²) in [6.45, 7) is 1.67. The Labute approximate surface area is 140 Å². The Morgan fingerprint density at radius 1 is 1.22 bits per heavy atom. The van der Waals surface area contributed by atoms with Crippen molar-refractivity contribution in [1.29, 1.82) is 0 Å². The highest BCUT2D eigenvalue weighted by Crippen LogP contribution is 2.28. The van der Waals surface area contributed by atoms with Crippen LogP contribution in [0.2, 0.25) is 0 Å². The summed E-state index contributed by atoms with van der Waals surface area (Å²) in [5.41, 5.74) is 2.08. The second kappa shape index (κ2) is 6.34. The number of carbonyl (C=O) groups is 1. The van der Waals surface area contributed by atoms with E-state index in [1.165, 1.54) is 18.2 Å². The average molecular weight is 375 g/mol. The second-order valence-corrected chi connectivity index (χ2v) is 5.76. The molecule has 2 aromatic carbocycles. The van der Waals surface area contributed by atoms with E-state index in [9.17, 15) is 9.18 Å². The van der Waals surface area contributed by atoms with Gasteiger partial charge in [0.25, 0.3) is 5.91 Å². The zero-order chi connectivity index (χ0) is 16.4. The first-order valence-corrected chi connectivity index (χ1v) is 7.63. The monoisotopic (exact) mass is 374 g/mol. The molecule has 3 aromatic rings. The Morgan fingerprint density at radius 2 is 1.96 bits per heavy atom. The largest absolute Gasteiger partial charge is 0.360 e. The van der Waals surface area contributed by atoms with E-state index in [0.717, 1.165) is 5.56 Å². The van der Waals surface area contributed by atoms with Gasteiger partial charge in [0.15, 0.2) is 0 Å². The molecule has 1 N–H and O–H groups in total. The van der Waals surface area contributed by atoms with E-state index >= 15 is 0 Å². The molecular weight excluding hydrogens is 363 g/mol. The topological polar surface area (TPSA) is 55.1 Å². The van der Waals surface area contributed by atoms with Crippen LogP contribution in [0, 0.1) is 12.7 Å². The fourth-order valence-electron chi connectivity index (χ4n) is 2.21. The Kier molecular flexibility index (Phi) is 4.25. The standard InChI is InChI=1S/C17H12BrFN2O2/c1-10-15(16(21-23-10)11-5-3-2-4-6-11)17(22)20-14-8-7-12(19)9-13(14)18/h2-9H,1H3,(H,20,22). The molecule has 0 atom stereocenters. The van der Waals surface area contributed by atoms with E-state index in [-0.39, 0.29) is 11.7 Å². The fraction of sp³-hybridized carbons (Fsp3) is 0.0588. The number of nitrogens with one attached hydrogen (secondary N) is 1. The van der Waals surface area contributed by atoms with Gasteiger partial charge in [-0.05, 0) is 41.1 Å². The van der Waals surface area contributed by atoms with Crippen LogP contribution in [-0.4, -0.2) is 11.1 Å². The van der Waals surface area contributed by atoms with E-state index < -0.39 is 0 Å². The quantitative estimate of drug-likeness (QED) is 0.715. The molecule has 4 nitrogen and oxygen atoms in total. The molecule has 0 fully saturated rings. The van der Waals surface area contributed by atoms with Crippen LogP contribution < -0.4 is 5.32 Å². The van der Waals surface area contributed by atoms with Crippen LogP contribution in [0.3, 0.4) is 0 Å². The number of hydrogen-bond acceptors (Lipinski definition) is 3. The zero-order valence-corrected chi connectivity index (χ0v) is 13.7. The zero-order valence-electron chi connectivity index (χ0n) is 12.1. The lowest BCUT2D eigenvalue weighted by molar-refractivity contribution is 0.102. The van der Waals surface area contributed by atoms with E-state index in [1.807, 2.05) is 30.3 Å². The van der Waals surface area contributed by atoms with Crippen LogP contribution in [0.5, 0.6) is 0 Å². The molecule has 1 amide bonds. The molecule has 0 unspecified atom stereocenters. The molecule has 23 heavy (non-hydrogen) atoms. The van der Waals surface area contributed by atoms with Gasteiger partial charge in [-0.2, -0.15) is 0 Å². The van der Waals surface area contributed by atoms with Crippen LogP contribution in [-0.2, 0) is 0 Å². The highest BCUT2D eigenvalue weighted by atomic mass is 79.9. The molecule has 0 saturated heterocycles. The van der Waals surface area contributed by atoms with Gasteiger partial charge in [-0.25, -0.2) is 4.39 Å². The maximum atomic E-state index is 13.1. The number of amides is 1. The van der Waals surface area contributed by atoms with Gasteiger partial charge in [-0.15, -0.1) is 0 Å². The minimum atomic E-state index is -0.388. The minimum absolute atomic E-state index is 0.354. The lowest BCUT2D eigenvalue weighted by atomic mass is 10.1. The predicted octanol–water partition coefficient (Wildman–Crippen LogP) is 4.80. The van der Waals surface area contributed by atoms with Crippen molar-refractivity contribution in [2.75, 3.05) is 5.32 Å². The van der Waals surface area contributed by atoms with E-state index in [0.29, 0.717) is 27.2 Å². The first-order chi connectivity index (χ1) is 11.1. The van der Waals surface area contributed by atoms with Gasteiger partial charge < -0.3 is 9.84 Å². The molecule has 3 rings (SSSR count). The highest BCUT2D eigenvalue weighted by Gasteiger charge is 2.22. The molecule has 0 aliphatic rings. The summed E-state index contributed by atoms with van der Waals surface area (Å²) in [7, 11) is 0. The number of aryl methyl sites for hydroxylation is 1. The Bertz CT molecular complexity index is 862. The molecule has 6 heteroatoms. The summed E-state index contributed by atoms with van der Waals surface area (Å²) in [6.07, 6.45) is 0. The number of nitrogens with zero attached hydrogens (tertiary/aromatic N) is 1. The van der Waals surface area contributed by atoms with Crippen molar-refractivity contribution < 1.29 is 13.7 Å². The molecule has 0 radical (unpaired) electrons. The highest BCUT2D eigenvalue weighted by molar-refractivity contribution is 9.10. The Hall–Kier alpha value is -2.47. The molecular formula is C17H12BrFN2O2. The number of carbonyl (C=O) groups excluding carboxylic acids is 1. The molecule has 0 aliphatic heterocycles. The number of hydrogen-bond donors (Lipinski definition) is 1. The lowest BCUT2D eigenvalue weighted by Gasteiger charge is -2.08. The number of aromatic nitrogens is 1. The number of halogens is 2. The van der Waals surface area contributed by atoms with Crippen LogP contribution in [0.1, 0.15) is 16.1 Å². The van der Waals surface area contributed by atoms with Gasteiger partial charge in [-0.3, -0.25) is 4.79 Å². The summed E-state index contributed by atoms with van der Waals surface area (Å²) in [5.74, 6) is -0.337. The van der Waals surface area contributed by atoms with E-state index in [1.54, 1.807) is 6.92 Å². The third-order valence-corrected chi connectivity index (χ3v) is 3.97. The summed E-state index contributed by atoms with van der Waals surface area (Å²) in [6, 6.07) is 13.3. The normalized spacial score (nSPS) is 10.6. The summed E-state index contributed by atoms with van der Waals surface area (Å²) >= 11 is 3.23. The first-order valence-electron chi connectivity index (χ1n) is 6.84. The average Bonchev–Trinajstić information content (AvgIpc) is 2.93. The Balaban J connectivity index is 1.96. The second-order valence-electron chi connectivity index (χ2n) is 4.91. The van der Waals surface area contributed by atoms with Crippen LogP contribution in [0.15, 0.2) is 57.5 Å². The molecule has 0 spiro atoms. The minimum Gasteiger partial charge on any atom is -0.360 e. The maximum Gasteiger partial charge on any atom is 0.261 e. The van der Waals surface area contributed by atoms with E-state index in [2.05, 4.69) is 26.4 Å². The SMILES string of the molecule is Cc1onc(-c2ccccc2)c1C(=O)Nc1ccc(F)cc1Br. The number of benzene rings is 2. The van der Waals surface area contributed by atoms with Crippen molar-refractivity contribution >= 4 is 27.5 Å². The van der Waals surface area contributed by atoms with Crippen LogP contribution in [0.25, 0.3) is 11.3 Å². The molecule has 0 saturated carbocycles.